The molecule has 6 heteroatoms. The molecule has 2 fully saturated rings. The molecule has 0 aliphatic carbocycles. The topological polar surface area (TPSA) is 65.8 Å². The average Bonchev–Trinajstić information content (AvgIpc) is 3.08. The minimum Gasteiger partial charge on any atom is -0.469 e. The maximum absolute atomic E-state index is 12.6. The van der Waals surface area contributed by atoms with Gasteiger partial charge in [-0.3, -0.25) is 9.59 Å². The summed E-state index contributed by atoms with van der Waals surface area (Å²) in [6, 6.07) is 1.71. The van der Waals surface area contributed by atoms with Crippen LogP contribution in [0.4, 0.5) is 0 Å². The fourth-order valence-electron chi connectivity index (χ4n) is 3.82. The molecule has 0 unspecified atom stereocenters. The number of hydrogen-bond donors (Lipinski definition) is 1. The van der Waals surface area contributed by atoms with Gasteiger partial charge in [0.05, 0.1) is 17.7 Å². The Morgan fingerprint density at radius 2 is 2.00 bits per heavy atom. The van der Waals surface area contributed by atoms with Crippen molar-refractivity contribution >= 4 is 11.8 Å². The molecule has 2 aliphatic heterocycles. The Bertz CT molecular complexity index is 592. The summed E-state index contributed by atoms with van der Waals surface area (Å²) >= 11 is 0. The van der Waals surface area contributed by atoms with Crippen LogP contribution in [0.2, 0.25) is 0 Å². The molecule has 3 rings (SSSR count). The first kappa shape index (κ1) is 18.0. The highest BCUT2D eigenvalue weighted by molar-refractivity contribution is 5.95. The first-order chi connectivity index (χ1) is 12.1. The molecule has 2 amide bonds. The number of aryl methyl sites for hydroxylation is 1. The first-order valence-corrected chi connectivity index (χ1v) is 9.48. The van der Waals surface area contributed by atoms with Gasteiger partial charge in [-0.05, 0) is 51.8 Å². The summed E-state index contributed by atoms with van der Waals surface area (Å²) in [6.45, 7) is 6.92. The van der Waals surface area contributed by atoms with E-state index in [1.165, 1.54) is 25.5 Å². The molecule has 1 atom stereocenters. The average molecular weight is 347 g/mol. The molecule has 2 saturated heterocycles. The first-order valence-electron chi connectivity index (χ1n) is 9.48. The van der Waals surface area contributed by atoms with E-state index in [1.807, 2.05) is 0 Å². The summed E-state index contributed by atoms with van der Waals surface area (Å²) in [6.07, 6.45) is 7.11. The van der Waals surface area contributed by atoms with Crippen LogP contribution >= 0.6 is 0 Å². The van der Waals surface area contributed by atoms with Gasteiger partial charge in [-0.2, -0.15) is 0 Å². The third kappa shape index (κ3) is 4.63. The Morgan fingerprint density at radius 3 is 2.72 bits per heavy atom. The predicted molar refractivity (Wildman–Crippen MR) is 95.4 cm³/mol. The zero-order valence-corrected chi connectivity index (χ0v) is 15.1. The maximum Gasteiger partial charge on any atom is 0.257 e. The number of likely N-dealkylation sites (tertiary alicyclic amines) is 2. The summed E-state index contributed by atoms with van der Waals surface area (Å²) in [4.78, 5) is 29.3. The lowest BCUT2D eigenvalue weighted by molar-refractivity contribution is -0.126. The van der Waals surface area contributed by atoms with Crippen molar-refractivity contribution in [3.05, 3.63) is 23.7 Å². The fourth-order valence-corrected chi connectivity index (χ4v) is 3.82. The van der Waals surface area contributed by atoms with E-state index in [0.29, 0.717) is 31.0 Å². The number of amides is 2. The fraction of sp³-hybridized carbons (Fsp3) is 0.684. The molecule has 1 aromatic rings. The molecular weight excluding hydrogens is 318 g/mol. The van der Waals surface area contributed by atoms with Gasteiger partial charge in [0.25, 0.3) is 5.91 Å². The molecule has 1 N–H and O–H groups in total. The zero-order chi connectivity index (χ0) is 17.6. The van der Waals surface area contributed by atoms with Crippen LogP contribution in [0, 0.1) is 12.8 Å². The standard InChI is InChI=1S/C19H29N3O3/c1-15-17(7-13-25-15)19(24)22-11-5-6-16(14-22)18(23)20-8-12-21-9-3-2-4-10-21/h7,13,16H,2-6,8-12,14H2,1H3,(H,20,23)/t16-/m1/s1. The second-order valence-electron chi connectivity index (χ2n) is 7.17. The van der Waals surface area contributed by atoms with Crippen molar-refractivity contribution in [3.63, 3.8) is 0 Å². The van der Waals surface area contributed by atoms with Gasteiger partial charge in [-0.15, -0.1) is 0 Å². The van der Waals surface area contributed by atoms with Gasteiger partial charge >= 0.3 is 0 Å². The molecule has 0 spiro atoms. The van der Waals surface area contributed by atoms with Crippen molar-refractivity contribution in [1.29, 1.82) is 0 Å². The monoisotopic (exact) mass is 347 g/mol. The van der Waals surface area contributed by atoms with Gasteiger partial charge in [-0.25, -0.2) is 0 Å². The Balaban J connectivity index is 1.46. The van der Waals surface area contributed by atoms with Crippen LogP contribution in [-0.4, -0.2) is 60.9 Å². The van der Waals surface area contributed by atoms with E-state index in [0.717, 1.165) is 32.5 Å². The van der Waals surface area contributed by atoms with Gasteiger partial charge in [0.1, 0.15) is 5.76 Å². The van der Waals surface area contributed by atoms with Crippen molar-refractivity contribution in [3.8, 4) is 0 Å². The van der Waals surface area contributed by atoms with Crippen LogP contribution in [0.5, 0.6) is 0 Å². The minimum atomic E-state index is -0.105. The number of nitrogens with zero attached hydrogens (tertiary/aromatic N) is 2. The van der Waals surface area contributed by atoms with Gasteiger partial charge in [0, 0.05) is 26.2 Å². The lowest BCUT2D eigenvalue weighted by Gasteiger charge is -2.32. The quantitative estimate of drug-likeness (QED) is 0.885. The van der Waals surface area contributed by atoms with Crippen LogP contribution < -0.4 is 5.32 Å². The van der Waals surface area contributed by atoms with E-state index in [-0.39, 0.29) is 17.7 Å². The van der Waals surface area contributed by atoms with E-state index in [1.54, 1.807) is 17.9 Å². The molecule has 3 heterocycles. The number of rotatable bonds is 5. The van der Waals surface area contributed by atoms with Crippen LogP contribution in [0.15, 0.2) is 16.7 Å². The van der Waals surface area contributed by atoms with E-state index < -0.39 is 0 Å². The molecule has 6 nitrogen and oxygen atoms in total. The van der Waals surface area contributed by atoms with Crippen molar-refractivity contribution in [2.75, 3.05) is 39.3 Å². The van der Waals surface area contributed by atoms with Gasteiger partial charge in [0.15, 0.2) is 0 Å². The molecule has 1 aromatic heterocycles. The van der Waals surface area contributed by atoms with Gasteiger partial charge in [0.2, 0.25) is 5.91 Å². The smallest absolute Gasteiger partial charge is 0.257 e. The number of carbonyl (C=O) groups is 2. The number of carbonyl (C=O) groups excluding carboxylic acids is 2. The second kappa shape index (κ2) is 8.52. The number of hydrogen-bond acceptors (Lipinski definition) is 4. The molecule has 0 aromatic carbocycles. The Hall–Kier alpha value is -1.82. The Morgan fingerprint density at radius 1 is 1.20 bits per heavy atom. The van der Waals surface area contributed by atoms with E-state index in [2.05, 4.69) is 10.2 Å². The second-order valence-corrected chi connectivity index (χ2v) is 7.17. The molecular formula is C19H29N3O3. The maximum atomic E-state index is 12.6. The van der Waals surface area contributed by atoms with E-state index >= 15 is 0 Å². The van der Waals surface area contributed by atoms with Crippen molar-refractivity contribution in [2.24, 2.45) is 5.92 Å². The highest BCUT2D eigenvalue weighted by Gasteiger charge is 2.29. The predicted octanol–water partition coefficient (Wildman–Crippen LogP) is 2.04. The van der Waals surface area contributed by atoms with Crippen LogP contribution in [0.3, 0.4) is 0 Å². The summed E-state index contributed by atoms with van der Waals surface area (Å²) in [7, 11) is 0. The summed E-state index contributed by atoms with van der Waals surface area (Å²) < 4.78 is 5.23. The summed E-state index contributed by atoms with van der Waals surface area (Å²) in [5.74, 6) is 0.583. The van der Waals surface area contributed by atoms with Crippen LogP contribution in [0.1, 0.15) is 48.2 Å². The van der Waals surface area contributed by atoms with Gasteiger partial charge < -0.3 is 19.5 Å². The molecule has 0 bridgehead atoms. The normalized spacial score (nSPS) is 22.0. The van der Waals surface area contributed by atoms with Gasteiger partial charge in [-0.1, -0.05) is 6.42 Å². The summed E-state index contributed by atoms with van der Waals surface area (Å²) in [5, 5.41) is 3.07. The largest absolute Gasteiger partial charge is 0.469 e. The Kier molecular flexibility index (Phi) is 6.13. The van der Waals surface area contributed by atoms with Crippen molar-refractivity contribution in [1.82, 2.24) is 15.1 Å². The molecule has 0 saturated carbocycles. The molecule has 25 heavy (non-hydrogen) atoms. The molecule has 2 aliphatic rings. The lowest BCUT2D eigenvalue weighted by atomic mass is 9.96. The van der Waals surface area contributed by atoms with Crippen molar-refractivity contribution in [2.45, 2.75) is 39.0 Å². The number of piperidine rings is 2. The van der Waals surface area contributed by atoms with Crippen LogP contribution in [-0.2, 0) is 4.79 Å². The molecule has 0 radical (unpaired) electrons. The van der Waals surface area contributed by atoms with E-state index in [4.69, 9.17) is 4.42 Å². The Labute approximate surface area is 149 Å². The lowest BCUT2D eigenvalue weighted by Crippen LogP contribution is -2.46. The SMILES string of the molecule is Cc1occc1C(=O)N1CCC[C@@H](C(=O)NCCN2CCCCC2)C1. The molecule has 138 valence electrons. The number of furan rings is 1. The van der Waals surface area contributed by atoms with Crippen molar-refractivity contribution < 1.29 is 14.0 Å². The third-order valence-electron chi connectivity index (χ3n) is 5.34. The highest BCUT2D eigenvalue weighted by Crippen LogP contribution is 2.20. The van der Waals surface area contributed by atoms with Crippen LogP contribution in [0.25, 0.3) is 0 Å². The summed E-state index contributed by atoms with van der Waals surface area (Å²) in [5.41, 5.74) is 0.603. The minimum absolute atomic E-state index is 0.0305. The zero-order valence-electron chi connectivity index (χ0n) is 15.1. The third-order valence-corrected chi connectivity index (χ3v) is 5.34. The number of nitrogens with one attached hydrogen (secondary N) is 1. The van der Waals surface area contributed by atoms with E-state index in [9.17, 15) is 9.59 Å². The highest BCUT2D eigenvalue weighted by atomic mass is 16.3.